The molecule has 1 N–H and O–H groups in total. The van der Waals surface area contributed by atoms with Gasteiger partial charge in [-0.2, -0.15) is 5.10 Å². The van der Waals surface area contributed by atoms with E-state index in [0.717, 1.165) is 11.4 Å². The first-order valence-corrected chi connectivity index (χ1v) is 11.6. The zero-order chi connectivity index (χ0) is 21.0. The van der Waals surface area contributed by atoms with Crippen molar-refractivity contribution >= 4 is 11.4 Å². The molecule has 1 saturated carbocycles. The van der Waals surface area contributed by atoms with Crippen LogP contribution >= 0.6 is 0 Å². The second-order valence-electron chi connectivity index (χ2n) is 8.87. The minimum Gasteiger partial charge on any atom is -0.304 e. The molecule has 0 spiro atoms. The van der Waals surface area contributed by atoms with Crippen LogP contribution in [0.15, 0.2) is 90.0 Å². The van der Waals surface area contributed by atoms with Gasteiger partial charge in [-0.25, -0.2) is 0 Å². The molecular formula is C28H31N3. The highest BCUT2D eigenvalue weighted by Crippen LogP contribution is 2.37. The van der Waals surface area contributed by atoms with Gasteiger partial charge in [0.05, 0.1) is 23.5 Å². The average Bonchev–Trinajstić information content (AvgIpc) is 3.20. The van der Waals surface area contributed by atoms with Crippen molar-refractivity contribution in [3.05, 3.63) is 102 Å². The number of nitrogens with zero attached hydrogens (tertiary/aromatic N) is 2. The van der Waals surface area contributed by atoms with Gasteiger partial charge in [0, 0.05) is 6.04 Å². The molecule has 1 aliphatic carbocycles. The molecule has 0 radical (unpaired) electrons. The van der Waals surface area contributed by atoms with E-state index in [4.69, 9.17) is 5.10 Å². The van der Waals surface area contributed by atoms with Crippen LogP contribution in [0.1, 0.15) is 54.8 Å². The molecule has 3 nitrogen and oxygen atoms in total. The van der Waals surface area contributed by atoms with Gasteiger partial charge in [0.25, 0.3) is 0 Å². The molecule has 0 bridgehead atoms. The van der Waals surface area contributed by atoms with Crippen molar-refractivity contribution < 1.29 is 0 Å². The van der Waals surface area contributed by atoms with E-state index >= 15 is 0 Å². The lowest BCUT2D eigenvalue weighted by Crippen LogP contribution is -2.47. The van der Waals surface area contributed by atoms with Gasteiger partial charge in [-0.3, -0.25) is 5.01 Å². The van der Waals surface area contributed by atoms with Crippen LogP contribution < -0.4 is 10.3 Å². The van der Waals surface area contributed by atoms with Gasteiger partial charge in [-0.15, -0.1) is 0 Å². The maximum Gasteiger partial charge on any atom is 0.0986 e. The monoisotopic (exact) mass is 409 g/mol. The number of aryl methyl sites for hydroxylation is 1. The lowest BCUT2D eigenvalue weighted by Gasteiger charge is -2.33. The van der Waals surface area contributed by atoms with E-state index in [2.05, 4.69) is 102 Å². The molecule has 1 heterocycles. The smallest absolute Gasteiger partial charge is 0.0986 e. The Bertz CT molecular complexity index is 1010. The van der Waals surface area contributed by atoms with Gasteiger partial charge >= 0.3 is 0 Å². The van der Waals surface area contributed by atoms with Crippen LogP contribution in [0.2, 0.25) is 0 Å². The van der Waals surface area contributed by atoms with Crippen LogP contribution in [0.25, 0.3) is 0 Å². The first-order chi connectivity index (χ1) is 15.3. The minimum atomic E-state index is 0.127. The largest absolute Gasteiger partial charge is 0.304 e. The Kier molecular flexibility index (Phi) is 5.86. The van der Waals surface area contributed by atoms with Gasteiger partial charge in [0.2, 0.25) is 0 Å². The van der Waals surface area contributed by atoms with Gasteiger partial charge in [-0.05, 0) is 43.0 Å². The predicted molar refractivity (Wildman–Crippen MR) is 130 cm³/mol. The van der Waals surface area contributed by atoms with Crippen LogP contribution in [0, 0.1) is 6.92 Å². The Labute approximate surface area is 185 Å². The van der Waals surface area contributed by atoms with E-state index in [0.29, 0.717) is 6.04 Å². The molecule has 0 aromatic heterocycles. The molecule has 0 saturated heterocycles. The van der Waals surface area contributed by atoms with Crippen LogP contribution in [0.3, 0.4) is 0 Å². The molecule has 3 heteroatoms. The summed E-state index contributed by atoms with van der Waals surface area (Å²) in [5, 5.41) is 11.5. The number of anilines is 1. The maximum absolute atomic E-state index is 5.25. The number of nitrogens with one attached hydrogen (secondary N) is 1. The van der Waals surface area contributed by atoms with E-state index in [1.54, 1.807) is 0 Å². The molecule has 5 rings (SSSR count). The van der Waals surface area contributed by atoms with Crippen molar-refractivity contribution in [1.29, 1.82) is 0 Å². The molecule has 2 atom stereocenters. The third-order valence-corrected chi connectivity index (χ3v) is 6.62. The van der Waals surface area contributed by atoms with E-state index in [1.165, 1.54) is 48.8 Å². The Morgan fingerprint density at radius 1 is 0.774 bits per heavy atom. The number of hydrazone groups is 1. The zero-order valence-corrected chi connectivity index (χ0v) is 18.2. The first kappa shape index (κ1) is 20.0. The quantitative estimate of drug-likeness (QED) is 0.539. The molecule has 0 amide bonds. The predicted octanol–water partition coefficient (Wildman–Crippen LogP) is 6.25. The summed E-state index contributed by atoms with van der Waals surface area (Å²) < 4.78 is 0. The Morgan fingerprint density at radius 2 is 1.42 bits per heavy atom. The van der Waals surface area contributed by atoms with E-state index in [-0.39, 0.29) is 12.1 Å². The molecule has 0 unspecified atom stereocenters. The summed E-state index contributed by atoms with van der Waals surface area (Å²) in [5.41, 5.74) is 6.06. The molecule has 31 heavy (non-hydrogen) atoms. The third-order valence-electron chi connectivity index (χ3n) is 6.62. The van der Waals surface area contributed by atoms with Crippen molar-refractivity contribution in [3.63, 3.8) is 0 Å². The van der Waals surface area contributed by atoms with Crippen LogP contribution in [0.5, 0.6) is 0 Å². The molecular weight excluding hydrogens is 378 g/mol. The fraction of sp³-hybridized carbons (Fsp3) is 0.321. The van der Waals surface area contributed by atoms with Crippen LogP contribution in [0.4, 0.5) is 5.69 Å². The van der Waals surface area contributed by atoms with Gasteiger partial charge in [0.15, 0.2) is 0 Å². The molecule has 1 aliphatic heterocycles. The summed E-state index contributed by atoms with van der Waals surface area (Å²) in [7, 11) is 0. The lowest BCUT2D eigenvalue weighted by molar-refractivity contribution is 0.348. The summed E-state index contributed by atoms with van der Waals surface area (Å²) >= 11 is 0. The number of hydrogen-bond acceptors (Lipinski definition) is 3. The number of rotatable bonds is 5. The highest BCUT2D eigenvalue weighted by molar-refractivity contribution is 6.07. The Balaban J connectivity index is 1.59. The van der Waals surface area contributed by atoms with Crippen molar-refractivity contribution in [3.8, 4) is 0 Å². The molecule has 158 valence electrons. The van der Waals surface area contributed by atoms with E-state index in [9.17, 15) is 0 Å². The van der Waals surface area contributed by atoms with Crippen molar-refractivity contribution in [2.45, 2.75) is 57.2 Å². The second-order valence-corrected chi connectivity index (χ2v) is 8.87. The van der Waals surface area contributed by atoms with Crippen molar-refractivity contribution in [2.24, 2.45) is 5.10 Å². The van der Waals surface area contributed by atoms with Gasteiger partial charge < -0.3 is 5.32 Å². The first-order valence-electron chi connectivity index (χ1n) is 11.6. The minimum absolute atomic E-state index is 0.127. The number of hydrogen-bond donors (Lipinski definition) is 1. The summed E-state index contributed by atoms with van der Waals surface area (Å²) in [6.07, 6.45) is 6.51. The maximum atomic E-state index is 5.25. The Hall–Kier alpha value is -2.91. The number of benzene rings is 3. The van der Waals surface area contributed by atoms with Crippen molar-refractivity contribution in [1.82, 2.24) is 5.32 Å². The fourth-order valence-electron chi connectivity index (χ4n) is 4.97. The normalized spacial score (nSPS) is 21.8. The molecule has 3 aromatic rings. The number of para-hydroxylation sites is 1. The summed E-state index contributed by atoms with van der Waals surface area (Å²) in [6.45, 7) is 2.14. The van der Waals surface area contributed by atoms with Gasteiger partial charge in [0.1, 0.15) is 0 Å². The summed E-state index contributed by atoms with van der Waals surface area (Å²) in [4.78, 5) is 0. The zero-order valence-electron chi connectivity index (χ0n) is 18.2. The fourth-order valence-corrected chi connectivity index (χ4v) is 4.97. The molecule has 3 aromatic carbocycles. The highest BCUT2D eigenvalue weighted by atomic mass is 15.5. The highest BCUT2D eigenvalue weighted by Gasteiger charge is 2.40. The van der Waals surface area contributed by atoms with Crippen molar-refractivity contribution in [2.75, 3.05) is 5.01 Å². The second kappa shape index (κ2) is 9.07. The topological polar surface area (TPSA) is 27.6 Å². The molecule has 1 fully saturated rings. The standard InChI is InChI=1S/C28H31N3/c1-21-17-19-22(20-18-21)26-27(29-24-13-7-3-8-14-24)28(23-11-5-2-6-12-23)31(30-26)25-15-9-4-10-16-25/h2,4-6,9-12,15-20,24,27-29H,3,7-8,13-14H2,1H3/t27-,28-/m0/s1. The van der Waals surface area contributed by atoms with Gasteiger partial charge in [-0.1, -0.05) is 97.6 Å². The van der Waals surface area contributed by atoms with E-state index < -0.39 is 0 Å². The average molecular weight is 410 g/mol. The van der Waals surface area contributed by atoms with Crippen LogP contribution in [-0.4, -0.2) is 17.8 Å². The Morgan fingerprint density at radius 3 is 2.10 bits per heavy atom. The van der Waals surface area contributed by atoms with Crippen LogP contribution in [-0.2, 0) is 0 Å². The lowest BCUT2D eigenvalue weighted by atomic mass is 9.89. The summed E-state index contributed by atoms with van der Waals surface area (Å²) in [6, 6.07) is 31.1. The third kappa shape index (κ3) is 4.28. The molecule has 2 aliphatic rings. The van der Waals surface area contributed by atoms with E-state index in [1.807, 2.05) is 0 Å². The summed E-state index contributed by atoms with van der Waals surface area (Å²) in [5.74, 6) is 0. The SMILES string of the molecule is Cc1ccc(C2=NN(c3ccccc3)[C@@H](c3ccccc3)[C@H]2NC2CCCCC2)cc1.